The number of nitro benzene ring substituents is 1. The number of benzene rings is 1. The average molecular weight is 510 g/mol. The van der Waals surface area contributed by atoms with Crippen LogP contribution in [0, 0.1) is 30.9 Å². The highest BCUT2D eigenvalue weighted by Crippen LogP contribution is 2.35. The van der Waals surface area contributed by atoms with Gasteiger partial charge in [0.2, 0.25) is 0 Å². The number of carbonyl (C=O) groups is 1. The molecule has 0 aliphatic heterocycles. The van der Waals surface area contributed by atoms with Crippen molar-refractivity contribution in [1.82, 2.24) is 15.5 Å². The van der Waals surface area contributed by atoms with Gasteiger partial charge >= 0.3 is 6.18 Å². The number of pyridine rings is 1. The predicted octanol–water partition coefficient (Wildman–Crippen LogP) is 5.06. The summed E-state index contributed by atoms with van der Waals surface area (Å²) in [4.78, 5) is 27.7. The van der Waals surface area contributed by atoms with Crippen LogP contribution in [0.2, 0.25) is 0 Å². The van der Waals surface area contributed by atoms with E-state index in [9.17, 15) is 28.1 Å². The van der Waals surface area contributed by atoms with E-state index in [2.05, 4.69) is 20.8 Å². The minimum absolute atomic E-state index is 0.0517. The summed E-state index contributed by atoms with van der Waals surface area (Å²) in [6, 6.07) is 5.80. The Morgan fingerprint density at radius 1 is 1.14 bits per heavy atom. The van der Waals surface area contributed by atoms with Crippen molar-refractivity contribution in [3.63, 3.8) is 0 Å². The molecular formula is C22H22F3N5O4S. The van der Waals surface area contributed by atoms with Crippen LogP contribution in [0.1, 0.15) is 38.6 Å². The molecule has 2 aromatic heterocycles. The molecule has 0 fully saturated rings. The van der Waals surface area contributed by atoms with Gasteiger partial charge in [-0.3, -0.25) is 14.9 Å². The summed E-state index contributed by atoms with van der Waals surface area (Å²) in [5.74, 6) is 0.674. The molecule has 1 amide bonds. The molecule has 3 rings (SSSR count). The number of hydrogen-bond acceptors (Lipinski definition) is 8. The molecule has 0 saturated carbocycles. The zero-order valence-electron chi connectivity index (χ0n) is 19.0. The SMILES string of the molecule is Cc1cc(CSc2nc(C)cc(C)c2C(=O)NCCNc2ccc(C(F)(F)F)cc2[N+](=O)[O-])on1. The Kier molecular flexibility index (Phi) is 7.99. The highest BCUT2D eigenvalue weighted by molar-refractivity contribution is 7.98. The number of nitro groups is 1. The van der Waals surface area contributed by atoms with E-state index in [-0.39, 0.29) is 18.8 Å². The van der Waals surface area contributed by atoms with Crippen molar-refractivity contribution in [2.24, 2.45) is 0 Å². The Labute approximate surface area is 202 Å². The lowest BCUT2D eigenvalue weighted by molar-refractivity contribution is -0.384. The molecule has 13 heteroatoms. The van der Waals surface area contributed by atoms with Gasteiger partial charge in [0.15, 0.2) is 0 Å². The van der Waals surface area contributed by atoms with Crippen molar-refractivity contribution in [3.8, 4) is 0 Å². The van der Waals surface area contributed by atoms with Gasteiger partial charge in [0.05, 0.1) is 27.5 Å². The minimum Gasteiger partial charge on any atom is -0.378 e. The van der Waals surface area contributed by atoms with Gasteiger partial charge < -0.3 is 15.2 Å². The summed E-state index contributed by atoms with van der Waals surface area (Å²) in [6.45, 7) is 5.53. The van der Waals surface area contributed by atoms with Gasteiger partial charge in [0.25, 0.3) is 11.6 Å². The smallest absolute Gasteiger partial charge is 0.378 e. The second kappa shape index (κ2) is 10.8. The molecule has 0 aliphatic rings. The van der Waals surface area contributed by atoms with Crippen LogP contribution in [0.15, 0.2) is 39.9 Å². The lowest BCUT2D eigenvalue weighted by atomic mass is 10.1. The van der Waals surface area contributed by atoms with Gasteiger partial charge in [-0.05, 0) is 44.5 Å². The molecule has 9 nitrogen and oxygen atoms in total. The Bertz CT molecular complexity index is 1250. The fraction of sp³-hybridized carbons (Fsp3) is 0.318. The number of halogens is 3. The number of anilines is 1. The summed E-state index contributed by atoms with van der Waals surface area (Å²) in [6.07, 6.45) is -4.70. The van der Waals surface area contributed by atoms with Gasteiger partial charge in [0.1, 0.15) is 16.5 Å². The van der Waals surface area contributed by atoms with E-state index in [0.29, 0.717) is 28.2 Å². The van der Waals surface area contributed by atoms with E-state index >= 15 is 0 Å². The Morgan fingerprint density at radius 3 is 2.51 bits per heavy atom. The summed E-state index contributed by atoms with van der Waals surface area (Å²) >= 11 is 1.33. The number of rotatable bonds is 9. The van der Waals surface area contributed by atoms with E-state index < -0.39 is 28.3 Å². The molecule has 0 atom stereocenters. The van der Waals surface area contributed by atoms with Crippen molar-refractivity contribution in [2.75, 3.05) is 18.4 Å². The van der Waals surface area contributed by atoms with E-state index in [1.54, 1.807) is 26.0 Å². The number of amides is 1. The lowest BCUT2D eigenvalue weighted by Gasteiger charge is -2.14. The number of thioether (sulfide) groups is 1. The first kappa shape index (κ1) is 26.0. The molecule has 1 aromatic carbocycles. The van der Waals surface area contributed by atoms with Crippen molar-refractivity contribution in [2.45, 2.75) is 37.7 Å². The van der Waals surface area contributed by atoms with Crippen molar-refractivity contribution >= 4 is 29.0 Å². The van der Waals surface area contributed by atoms with Crippen LogP contribution in [-0.2, 0) is 11.9 Å². The number of alkyl halides is 3. The Hall–Kier alpha value is -3.61. The fourth-order valence-corrected chi connectivity index (χ4v) is 4.30. The molecule has 2 heterocycles. The average Bonchev–Trinajstić information content (AvgIpc) is 3.19. The minimum atomic E-state index is -4.70. The van der Waals surface area contributed by atoms with Gasteiger partial charge in [-0.25, -0.2) is 4.98 Å². The van der Waals surface area contributed by atoms with Crippen LogP contribution >= 0.6 is 11.8 Å². The maximum atomic E-state index is 12.9. The van der Waals surface area contributed by atoms with Crippen molar-refractivity contribution in [3.05, 3.63) is 74.3 Å². The maximum absolute atomic E-state index is 12.9. The Balaban J connectivity index is 1.65. The normalized spacial score (nSPS) is 11.4. The summed E-state index contributed by atoms with van der Waals surface area (Å²) in [7, 11) is 0. The van der Waals surface area contributed by atoms with Crippen molar-refractivity contribution in [1.29, 1.82) is 0 Å². The quantitative estimate of drug-likeness (QED) is 0.178. The second-order valence-corrected chi connectivity index (χ2v) is 8.62. The number of aryl methyl sites for hydroxylation is 3. The first-order chi connectivity index (χ1) is 16.5. The van der Waals surface area contributed by atoms with Crippen LogP contribution in [-0.4, -0.2) is 34.1 Å². The zero-order chi connectivity index (χ0) is 25.8. The van der Waals surface area contributed by atoms with Crippen LogP contribution in [0.25, 0.3) is 0 Å². The van der Waals surface area contributed by atoms with Crippen molar-refractivity contribution < 1.29 is 27.4 Å². The number of carbonyl (C=O) groups excluding carboxylic acids is 1. The van der Waals surface area contributed by atoms with E-state index in [0.717, 1.165) is 29.1 Å². The van der Waals surface area contributed by atoms with Crippen LogP contribution in [0.3, 0.4) is 0 Å². The summed E-state index contributed by atoms with van der Waals surface area (Å²) in [5.41, 5.74) is 0.695. The molecule has 35 heavy (non-hydrogen) atoms. The molecule has 186 valence electrons. The molecule has 0 unspecified atom stereocenters. The molecule has 0 aliphatic carbocycles. The summed E-state index contributed by atoms with van der Waals surface area (Å²) < 4.78 is 43.8. The third-order valence-corrected chi connectivity index (χ3v) is 5.81. The fourth-order valence-electron chi connectivity index (χ4n) is 3.28. The number of nitrogens with one attached hydrogen (secondary N) is 2. The third-order valence-electron chi connectivity index (χ3n) is 4.81. The maximum Gasteiger partial charge on any atom is 0.416 e. The highest BCUT2D eigenvalue weighted by Gasteiger charge is 2.33. The largest absolute Gasteiger partial charge is 0.416 e. The standard InChI is InChI=1S/C22H22F3N5O4S/c1-12-8-13(2)28-21(35-11-16-9-14(3)29-34-16)19(12)20(31)27-7-6-26-17-5-4-15(22(23,24)25)10-18(17)30(32)33/h4-5,8-10,26H,6-7,11H2,1-3H3,(H,27,31). The number of aromatic nitrogens is 2. The van der Waals surface area contributed by atoms with Gasteiger partial charge in [-0.1, -0.05) is 16.9 Å². The van der Waals surface area contributed by atoms with E-state index in [1.807, 2.05) is 6.92 Å². The van der Waals surface area contributed by atoms with Gasteiger partial charge in [0, 0.05) is 30.9 Å². The topological polar surface area (TPSA) is 123 Å². The number of nitrogens with zero attached hydrogens (tertiary/aromatic N) is 3. The summed E-state index contributed by atoms with van der Waals surface area (Å²) in [5, 5.41) is 21.0. The Morgan fingerprint density at radius 2 is 1.89 bits per heavy atom. The zero-order valence-corrected chi connectivity index (χ0v) is 19.8. The molecule has 0 spiro atoms. The monoisotopic (exact) mass is 509 g/mol. The molecular weight excluding hydrogens is 487 g/mol. The van der Waals surface area contributed by atoms with Gasteiger partial charge in [-0.15, -0.1) is 0 Å². The first-order valence-corrected chi connectivity index (χ1v) is 11.3. The number of hydrogen-bond donors (Lipinski definition) is 2. The third kappa shape index (κ3) is 6.72. The van der Waals surface area contributed by atoms with E-state index in [4.69, 9.17) is 4.52 Å². The second-order valence-electron chi connectivity index (χ2n) is 7.65. The lowest BCUT2D eigenvalue weighted by Crippen LogP contribution is -2.30. The van der Waals surface area contributed by atoms with Crippen LogP contribution in [0.5, 0.6) is 0 Å². The molecule has 0 radical (unpaired) electrons. The molecule has 3 aromatic rings. The first-order valence-electron chi connectivity index (χ1n) is 10.4. The van der Waals surface area contributed by atoms with E-state index in [1.165, 1.54) is 11.8 Å². The highest BCUT2D eigenvalue weighted by atomic mass is 32.2. The molecule has 2 N–H and O–H groups in total. The predicted molar refractivity (Wildman–Crippen MR) is 123 cm³/mol. The van der Waals surface area contributed by atoms with Crippen LogP contribution in [0.4, 0.5) is 24.5 Å². The molecule has 0 bridgehead atoms. The molecule has 0 saturated heterocycles. The van der Waals surface area contributed by atoms with Gasteiger partial charge in [-0.2, -0.15) is 13.2 Å². The van der Waals surface area contributed by atoms with Crippen LogP contribution < -0.4 is 10.6 Å².